The molecule has 0 bridgehead atoms. The Balaban J connectivity index is 1.49. The lowest BCUT2D eigenvalue weighted by molar-refractivity contribution is -0.113. The molecule has 8 heteroatoms. The normalized spacial score (nSPS) is 14.5. The van der Waals surface area contributed by atoms with Gasteiger partial charge in [0.05, 0.1) is 12.3 Å². The Morgan fingerprint density at radius 2 is 1.74 bits per heavy atom. The number of halogens is 1. The number of aryl methyl sites for hydroxylation is 1. The van der Waals surface area contributed by atoms with E-state index in [4.69, 9.17) is 11.6 Å². The van der Waals surface area contributed by atoms with Gasteiger partial charge < -0.3 is 5.32 Å². The monoisotopic (exact) mass is 455 g/mol. The maximum atomic E-state index is 12.5. The van der Waals surface area contributed by atoms with Gasteiger partial charge >= 0.3 is 0 Å². The number of benzene rings is 2. The molecule has 1 aromatic heterocycles. The Morgan fingerprint density at radius 1 is 1.03 bits per heavy atom. The van der Waals surface area contributed by atoms with E-state index in [1.165, 1.54) is 31.0 Å². The second-order valence-electron chi connectivity index (χ2n) is 7.75. The molecule has 0 spiro atoms. The number of hydrogen-bond donors (Lipinski definition) is 1. The van der Waals surface area contributed by atoms with Crippen LogP contribution in [0.5, 0.6) is 0 Å². The van der Waals surface area contributed by atoms with Crippen LogP contribution in [0.25, 0.3) is 5.69 Å². The highest BCUT2D eigenvalue weighted by molar-refractivity contribution is 7.99. The highest BCUT2D eigenvalue weighted by Gasteiger charge is 2.19. The standard InChI is InChI=1S/C23H26ClN5OS/c1-17-5-9-19(10-6-17)25-22(30)16-31-23-27-26-21(15-28-13-3-2-4-14-28)29(23)20-11-7-18(24)8-12-20/h5-12H,2-4,13-16H2,1H3,(H,25,30). The first-order chi connectivity index (χ1) is 15.1. The summed E-state index contributed by atoms with van der Waals surface area (Å²) >= 11 is 7.48. The Labute approximate surface area is 192 Å². The third-order valence-electron chi connectivity index (χ3n) is 5.27. The molecule has 162 valence electrons. The van der Waals surface area contributed by atoms with Gasteiger partial charge in [-0.2, -0.15) is 0 Å². The summed E-state index contributed by atoms with van der Waals surface area (Å²) in [5.41, 5.74) is 2.90. The maximum absolute atomic E-state index is 12.5. The summed E-state index contributed by atoms with van der Waals surface area (Å²) in [5, 5.41) is 13.2. The fourth-order valence-electron chi connectivity index (χ4n) is 3.63. The number of carbonyl (C=O) groups is 1. The van der Waals surface area contributed by atoms with E-state index in [9.17, 15) is 4.79 Å². The van der Waals surface area contributed by atoms with Crippen LogP contribution >= 0.6 is 23.4 Å². The second-order valence-corrected chi connectivity index (χ2v) is 9.13. The van der Waals surface area contributed by atoms with Gasteiger partial charge in [-0.1, -0.05) is 47.5 Å². The summed E-state index contributed by atoms with van der Waals surface area (Å²) in [5.74, 6) is 1.06. The zero-order valence-corrected chi connectivity index (χ0v) is 19.1. The van der Waals surface area contributed by atoms with Crippen LogP contribution in [0.1, 0.15) is 30.7 Å². The molecule has 31 heavy (non-hydrogen) atoms. The van der Waals surface area contributed by atoms with Gasteiger partial charge in [-0.3, -0.25) is 14.3 Å². The molecule has 1 aliphatic rings. The van der Waals surface area contributed by atoms with Crippen molar-refractivity contribution in [2.45, 2.75) is 37.9 Å². The maximum Gasteiger partial charge on any atom is 0.234 e. The number of nitrogens with one attached hydrogen (secondary N) is 1. The molecule has 0 unspecified atom stereocenters. The van der Waals surface area contributed by atoms with Crippen LogP contribution in [0, 0.1) is 6.92 Å². The lowest BCUT2D eigenvalue weighted by atomic mass is 10.1. The summed E-state index contributed by atoms with van der Waals surface area (Å²) in [4.78, 5) is 14.9. The van der Waals surface area contributed by atoms with Crippen molar-refractivity contribution in [2.75, 3.05) is 24.2 Å². The first-order valence-corrected chi connectivity index (χ1v) is 11.9. The molecule has 2 aromatic carbocycles. The van der Waals surface area contributed by atoms with E-state index in [2.05, 4.69) is 20.4 Å². The largest absolute Gasteiger partial charge is 0.325 e. The number of piperidine rings is 1. The van der Waals surface area contributed by atoms with E-state index in [1.54, 1.807) is 0 Å². The van der Waals surface area contributed by atoms with E-state index in [1.807, 2.05) is 60.0 Å². The number of thioether (sulfide) groups is 1. The fraction of sp³-hybridized carbons (Fsp3) is 0.348. The van der Waals surface area contributed by atoms with Gasteiger partial charge in [-0.25, -0.2) is 0 Å². The Morgan fingerprint density at radius 3 is 2.45 bits per heavy atom. The lowest BCUT2D eigenvalue weighted by Crippen LogP contribution is -2.30. The van der Waals surface area contributed by atoms with Gasteiger partial charge in [0.25, 0.3) is 0 Å². The van der Waals surface area contributed by atoms with Crippen molar-refractivity contribution in [2.24, 2.45) is 0 Å². The fourth-order valence-corrected chi connectivity index (χ4v) is 4.52. The molecule has 2 heterocycles. The molecule has 1 saturated heterocycles. The second kappa shape index (κ2) is 10.3. The Kier molecular flexibility index (Phi) is 7.27. The quantitative estimate of drug-likeness (QED) is 0.511. The SMILES string of the molecule is Cc1ccc(NC(=O)CSc2nnc(CN3CCCCC3)n2-c2ccc(Cl)cc2)cc1. The molecular weight excluding hydrogens is 430 g/mol. The topological polar surface area (TPSA) is 63.1 Å². The number of carbonyl (C=O) groups excluding carboxylic acids is 1. The van der Waals surface area contributed by atoms with Crippen LogP contribution in [-0.4, -0.2) is 44.4 Å². The summed E-state index contributed by atoms with van der Waals surface area (Å²) in [6, 6.07) is 15.4. The lowest BCUT2D eigenvalue weighted by Gasteiger charge is -2.26. The van der Waals surface area contributed by atoms with Crippen LogP contribution in [-0.2, 0) is 11.3 Å². The number of likely N-dealkylation sites (tertiary alicyclic amines) is 1. The highest BCUT2D eigenvalue weighted by atomic mass is 35.5. The first kappa shape index (κ1) is 21.9. The smallest absolute Gasteiger partial charge is 0.234 e. The van der Waals surface area contributed by atoms with Crippen LogP contribution in [0.15, 0.2) is 53.7 Å². The minimum Gasteiger partial charge on any atom is -0.325 e. The van der Waals surface area contributed by atoms with Crippen molar-refractivity contribution in [1.82, 2.24) is 19.7 Å². The number of rotatable bonds is 7. The highest BCUT2D eigenvalue weighted by Crippen LogP contribution is 2.25. The summed E-state index contributed by atoms with van der Waals surface area (Å²) in [7, 11) is 0. The number of amides is 1. The zero-order chi connectivity index (χ0) is 21.6. The molecule has 0 aliphatic carbocycles. The molecule has 1 amide bonds. The molecule has 0 radical (unpaired) electrons. The Hall–Kier alpha value is -2.35. The summed E-state index contributed by atoms with van der Waals surface area (Å²) < 4.78 is 2.04. The van der Waals surface area contributed by atoms with Gasteiger partial charge in [0.1, 0.15) is 0 Å². The van der Waals surface area contributed by atoms with Crippen molar-refractivity contribution in [1.29, 1.82) is 0 Å². The molecule has 6 nitrogen and oxygen atoms in total. The molecule has 1 fully saturated rings. The molecule has 0 saturated carbocycles. The molecule has 1 N–H and O–H groups in total. The predicted octanol–water partition coefficient (Wildman–Crippen LogP) is 4.95. The molecule has 3 aromatic rings. The minimum atomic E-state index is -0.0721. The minimum absolute atomic E-state index is 0.0721. The number of nitrogens with zero attached hydrogens (tertiary/aromatic N) is 4. The number of aromatic nitrogens is 3. The molecule has 4 rings (SSSR count). The average molecular weight is 456 g/mol. The molecular formula is C23H26ClN5OS. The zero-order valence-electron chi connectivity index (χ0n) is 17.6. The molecule has 1 aliphatic heterocycles. The van der Waals surface area contributed by atoms with Gasteiger partial charge in [0.2, 0.25) is 5.91 Å². The Bertz CT molecular complexity index is 1010. The van der Waals surface area contributed by atoms with Crippen molar-refractivity contribution in [3.63, 3.8) is 0 Å². The van der Waals surface area contributed by atoms with Gasteiger partial charge in [-0.05, 0) is 69.3 Å². The third kappa shape index (κ3) is 5.87. The van der Waals surface area contributed by atoms with E-state index < -0.39 is 0 Å². The van der Waals surface area contributed by atoms with Gasteiger partial charge in [0.15, 0.2) is 11.0 Å². The van der Waals surface area contributed by atoms with Crippen LogP contribution in [0.2, 0.25) is 5.02 Å². The van der Waals surface area contributed by atoms with E-state index in [-0.39, 0.29) is 11.7 Å². The number of hydrogen-bond acceptors (Lipinski definition) is 5. The third-order valence-corrected chi connectivity index (χ3v) is 6.45. The van der Waals surface area contributed by atoms with Crippen molar-refractivity contribution >= 4 is 35.0 Å². The van der Waals surface area contributed by atoms with Crippen LogP contribution in [0.3, 0.4) is 0 Å². The van der Waals surface area contributed by atoms with E-state index >= 15 is 0 Å². The van der Waals surface area contributed by atoms with E-state index in [0.29, 0.717) is 10.2 Å². The number of anilines is 1. The first-order valence-electron chi connectivity index (χ1n) is 10.5. The summed E-state index contributed by atoms with van der Waals surface area (Å²) in [6.45, 7) is 4.92. The van der Waals surface area contributed by atoms with Crippen LogP contribution in [0.4, 0.5) is 5.69 Å². The van der Waals surface area contributed by atoms with Crippen molar-refractivity contribution in [3.8, 4) is 5.69 Å². The van der Waals surface area contributed by atoms with Crippen molar-refractivity contribution in [3.05, 3.63) is 64.9 Å². The van der Waals surface area contributed by atoms with Gasteiger partial charge in [0, 0.05) is 16.4 Å². The summed E-state index contributed by atoms with van der Waals surface area (Å²) in [6.07, 6.45) is 3.73. The van der Waals surface area contributed by atoms with E-state index in [0.717, 1.165) is 42.4 Å². The van der Waals surface area contributed by atoms with Crippen LogP contribution < -0.4 is 5.32 Å². The average Bonchev–Trinajstić information content (AvgIpc) is 3.17. The van der Waals surface area contributed by atoms with Crippen molar-refractivity contribution < 1.29 is 4.79 Å². The predicted molar refractivity (Wildman–Crippen MR) is 126 cm³/mol. The van der Waals surface area contributed by atoms with Gasteiger partial charge in [-0.15, -0.1) is 10.2 Å². The molecule has 0 atom stereocenters.